The highest BCUT2D eigenvalue weighted by atomic mass is 19.1. The number of rotatable bonds is 4. The second kappa shape index (κ2) is 5.78. The molecule has 0 aliphatic heterocycles. The molecule has 0 bridgehead atoms. The summed E-state index contributed by atoms with van der Waals surface area (Å²) in [6, 6.07) is 16.0. The van der Waals surface area contributed by atoms with Gasteiger partial charge in [0.2, 0.25) is 0 Å². The molecule has 1 heteroatoms. The number of benzene rings is 2. The first-order chi connectivity index (χ1) is 9.72. The Morgan fingerprint density at radius 2 is 1.65 bits per heavy atom. The third kappa shape index (κ3) is 2.92. The highest BCUT2D eigenvalue weighted by Crippen LogP contribution is 2.36. The molecule has 1 saturated carbocycles. The number of hydrogen-bond donors (Lipinski definition) is 0. The maximum atomic E-state index is 12.9. The smallest absolute Gasteiger partial charge is 0.123 e. The van der Waals surface area contributed by atoms with Crippen LogP contribution in [0.1, 0.15) is 54.7 Å². The molecule has 0 spiro atoms. The van der Waals surface area contributed by atoms with Crippen molar-refractivity contribution in [1.82, 2.24) is 0 Å². The lowest BCUT2D eigenvalue weighted by Gasteiger charge is -2.26. The second-order valence-electron chi connectivity index (χ2n) is 6.03. The normalized spacial score (nSPS) is 16.7. The fourth-order valence-electron chi connectivity index (χ4n) is 2.93. The summed E-state index contributed by atoms with van der Waals surface area (Å²) in [5.41, 5.74) is 4.06. The van der Waals surface area contributed by atoms with E-state index in [0.717, 1.165) is 12.3 Å². The summed E-state index contributed by atoms with van der Waals surface area (Å²) < 4.78 is 12.9. The lowest BCUT2D eigenvalue weighted by atomic mass is 9.79. The summed E-state index contributed by atoms with van der Waals surface area (Å²) >= 11 is 0. The van der Waals surface area contributed by atoms with Gasteiger partial charge in [-0.2, -0.15) is 0 Å². The van der Waals surface area contributed by atoms with Crippen LogP contribution in [0.4, 0.5) is 4.39 Å². The Hall–Kier alpha value is -1.63. The molecule has 0 radical (unpaired) electrons. The third-order valence-corrected chi connectivity index (χ3v) is 4.54. The molecule has 1 atom stereocenters. The minimum absolute atomic E-state index is 0.161. The molecule has 1 unspecified atom stereocenters. The van der Waals surface area contributed by atoms with Crippen LogP contribution in [-0.2, 0) is 6.42 Å². The van der Waals surface area contributed by atoms with Gasteiger partial charge in [0.1, 0.15) is 5.82 Å². The van der Waals surface area contributed by atoms with Crippen molar-refractivity contribution in [3.05, 3.63) is 71.0 Å². The molecule has 2 aromatic carbocycles. The van der Waals surface area contributed by atoms with E-state index >= 15 is 0 Å². The van der Waals surface area contributed by atoms with E-state index in [-0.39, 0.29) is 5.82 Å². The van der Waals surface area contributed by atoms with Crippen LogP contribution in [0.5, 0.6) is 0 Å². The Morgan fingerprint density at radius 1 is 1.00 bits per heavy atom. The molecule has 2 aromatic rings. The average Bonchev–Trinajstić information content (AvgIpc) is 2.39. The summed E-state index contributed by atoms with van der Waals surface area (Å²) in [5.74, 6) is 1.06. The van der Waals surface area contributed by atoms with Gasteiger partial charge in [0, 0.05) is 0 Å². The van der Waals surface area contributed by atoms with E-state index in [0.29, 0.717) is 5.92 Å². The van der Waals surface area contributed by atoms with E-state index in [1.54, 1.807) is 12.1 Å². The Labute approximate surface area is 120 Å². The summed E-state index contributed by atoms with van der Waals surface area (Å²) in [7, 11) is 0. The van der Waals surface area contributed by atoms with Gasteiger partial charge < -0.3 is 0 Å². The van der Waals surface area contributed by atoms with Crippen molar-refractivity contribution in [1.29, 1.82) is 0 Å². The first-order valence-electron chi connectivity index (χ1n) is 7.56. The van der Waals surface area contributed by atoms with Crippen molar-refractivity contribution in [2.24, 2.45) is 0 Å². The van der Waals surface area contributed by atoms with Crippen LogP contribution in [0.3, 0.4) is 0 Å². The summed E-state index contributed by atoms with van der Waals surface area (Å²) in [6.45, 7) is 2.20. The van der Waals surface area contributed by atoms with E-state index in [4.69, 9.17) is 0 Å². The summed E-state index contributed by atoms with van der Waals surface area (Å²) in [6.07, 6.45) is 5.10. The van der Waals surface area contributed by atoms with Crippen LogP contribution >= 0.6 is 0 Å². The minimum Gasteiger partial charge on any atom is -0.207 e. The summed E-state index contributed by atoms with van der Waals surface area (Å²) in [5, 5.41) is 0. The van der Waals surface area contributed by atoms with E-state index in [2.05, 4.69) is 31.2 Å². The van der Waals surface area contributed by atoms with Crippen LogP contribution in [0.15, 0.2) is 48.5 Å². The molecule has 0 N–H and O–H groups in total. The van der Waals surface area contributed by atoms with E-state index in [9.17, 15) is 4.39 Å². The Kier molecular flexibility index (Phi) is 3.86. The van der Waals surface area contributed by atoms with Crippen molar-refractivity contribution in [3.63, 3.8) is 0 Å². The highest BCUT2D eigenvalue weighted by molar-refractivity contribution is 5.29. The molecule has 0 saturated heterocycles. The topological polar surface area (TPSA) is 0 Å². The van der Waals surface area contributed by atoms with Gasteiger partial charge in [0.15, 0.2) is 0 Å². The maximum absolute atomic E-state index is 12.9. The quantitative estimate of drug-likeness (QED) is 0.692. The van der Waals surface area contributed by atoms with Gasteiger partial charge in [0.25, 0.3) is 0 Å². The molecular formula is C19H21F. The van der Waals surface area contributed by atoms with Gasteiger partial charge in [-0.25, -0.2) is 4.39 Å². The molecule has 104 valence electrons. The van der Waals surface area contributed by atoms with E-state index < -0.39 is 0 Å². The van der Waals surface area contributed by atoms with Gasteiger partial charge in [-0.1, -0.05) is 49.7 Å². The molecule has 1 aliphatic rings. The molecule has 0 heterocycles. The summed E-state index contributed by atoms with van der Waals surface area (Å²) in [4.78, 5) is 0. The van der Waals surface area contributed by atoms with Gasteiger partial charge in [-0.3, -0.25) is 0 Å². The van der Waals surface area contributed by atoms with Crippen molar-refractivity contribution < 1.29 is 4.39 Å². The van der Waals surface area contributed by atoms with Gasteiger partial charge in [0.05, 0.1) is 0 Å². The van der Waals surface area contributed by atoms with Gasteiger partial charge in [-0.05, 0) is 59.9 Å². The van der Waals surface area contributed by atoms with Crippen molar-refractivity contribution >= 4 is 0 Å². The maximum Gasteiger partial charge on any atom is 0.123 e. The van der Waals surface area contributed by atoms with Crippen LogP contribution in [0.2, 0.25) is 0 Å². The Bertz CT molecular complexity index is 549. The Morgan fingerprint density at radius 3 is 2.20 bits per heavy atom. The lowest BCUT2D eigenvalue weighted by molar-refractivity contribution is 0.419. The molecule has 0 nitrogen and oxygen atoms in total. The fourth-order valence-corrected chi connectivity index (χ4v) is 2.93. The predicted molar refractivity (Wildman–Crippen MR) is 81.6 cm³/mol. The average molecular weight is 268 g/mol. The molecule has 1 fully saturated rings. The predicted octanol–water partition coefficient (Wildman–Crippen LogP) is 5.44. The van der Waals surface area contributed by atoms with Crippen LogP contribution < -0.4 is 0 Å². The zero-order chi connectivity index (χ0) is 13.9. The van der Waals surface area contributed by atoms with E-state index in [1.165, 1.54) is 36.0 Å². The standard InChI is InChI=1S/C19H21F/c1-14(16-9-11-19(20)12-10-16)13-15-5-7-18(8-6-15)17-3-2-4-17/h5-12,14,17H,2-4,13H2,1H3. The SMILES string of the molecule is CC(Cc1ccc(C2CCC2)cc1)c1ccc(F)cc1. The van der Waals surface area contributed by atoms with E-state index in [1.807, 2.05) is 12.1 Å². The third-order valence-electron chi connectivity index (χ3n) is 4.54. The van der Waals surface area contributed by atoms with Crippen LogP contribution in [0, 0.1) is 5.82 Å². The first-order valence-corrected chi connectivity index (χ1v) is 7.56. The first kappa shape index (κ1) is 13.4. The van der Waals surface area contributed by atoms with Crippen LogP contribution in [-0.4, -0.2) is 0 Å². The molecule has 0 amide bonds. The molecule has 3 rings (SSSR count). The van der Waals surface area contributed by atoms with Crippen molar-refractivity contribution in [2.45, 2.75) is 44.4 Å². The highest BCUT2D eigenvalue weighted by Gasteiger charge is 2.19. The minimum atomic E-state index is -0.161. The zero-order valence-electron chi connectivity index (χ0n) is 12.0. The zero-order valence-corrected chi connectivity index (χ0v) is 12.0. The number of hydrogen-bond acceptors (Lipinski definition) is 0. The molecule has 20 heavy (non-hydrogen) atoms. The van der Waals surface area contributed by atoms with Gasteiger partial charge >= 0.3 is 0 Å². The molecular weight excluding hydrogens is 247 g/mol. The fraction of sp³-hybridized carbons (Fsp3) is 0.368. The second-order valence-corrected chi connectivity index (χ2v) is 6.03. The largest absolute Gasteiger partial charge is 0.207 e. The molecule has 0 aromatic heterocycles. The van der Waals surface area contributed by atoms with Crippen LogP contribution in [0.25, 0.3) is 0 Å². The Balaban J connectivity index is 1.65. The number of halogens is 1. The van der Waals surface area contributed by atoms with Crippen molar-refractivity contribution in [3.8, 4) is 0 Å². The lowest BCUT2D eigenvalue weighted by Crippen LogP contribution is -2.08. The van der Waals surface area contributed by atoms with Crippen molar-refractivity contribution in [2.75, 3.05) is 0 Å². The monoisotopic (exact) mass is 268 g/mol. The molecule has 1 aliphatic carbocycles. The van der Waals surface area contributed by atoms with Gasteiger partial charge in [-0.15, -0.1) is 0 Å².